The number of amides is 2. The number of carbonyl (C=O) groups is 2. The van der Waals surface area contributed by atoms with E-state index in [0.717, 1.165) is 15.4 Å². The van der Waals surface area contributed by atoms with E-state index in [2.05, 4.69) is 5.32 Å². The van der Waals surface area contributed by atoms with Crippen LogP contribution < -0.4 is 23.8 Å². The third kappa shape index (κ3) is 7.08. The summed E-state index contributed by atoms with van der Waals surface area (Å²) in [6.07, 6.45) is 0.306. The van der Waals surface area contributed by atoms with E-state index in [4.69, 9.17) is 25.8 Å². The lowest BCUT2D eigenvalue weighted by molar-refractivity contribution is -0.140. The van der Waals surface area contributed by atoms with Gasteiger partial charge < -0.3 is 24.4 Å². The molecule has 0 radical (unpaired) electrons. The molecule has 42 heavy (non-hydrogen) atoms. The summed E-state index contributed by atoms with van der Waals surface area (Å²) in [5.74, 6) is -0.260. The van der Waals surface area contributed by atoms with Gasteiger partial charge in [0.05, 0.1) is 31.9 Å². The Balaban J connectivity index is 2.19. The van der Waals surface area contributed by atoms with Crippen LogP contribution in [0.5, 0.6) is 17.2 Å². The number of hydrogen-bond acceptors (Lipinski definition) is 7. The SMILES string of the molecule is CCC(C(=O)NC)N(Cc1ccccc1C)C(=O)CN(c1cc(Cl)ccc1OC)S(=O)(=O)c1ccc(OC)c(OC)c1. The number of benzene rings is 3. The maximum atomic E-state index is 14.3. The lowest BCUT2D eigenvalue weighted by atomic mass is 10.1. The molecule has 1 atom stereocenters. The molecule has 3 rings (SSSR count). The van der Waals surface area contributed by atoms with Crippen molar-refractivity contribution in [3.8, 4) is 17.2 Å². The van der Waals surface area contributed by atoms with Crippen LogP contribution in [0.25, 0.3) is 0 Å². The molecule has 0 fully saturated rings. The molecule has 0 aliphatic heterocycles. The summed E-state index contributed by atoms with van der Waals surface area (Å²) >= 11 is 6.30. The third-order valence-electron chi connectivity index (χ3n) is 6.87. The molecule has 0 aromatic heterocycles. The first kappa shape index (κ1) is 32.6. The Morgan fingerprint density at radius 3 is 2.17 bits per heavy atom. The van der Waals surface area contributed by atoms with Gasteiger partial charge in [0, 0.05) is 24.7 Å². The number of ether oxygens (including phenoxy) is 3. The minimum absolute atomic E-state index is 0.0527. The summed E-state index contributed by atoms with van der Waals surface area (Å²) in [5.41, 5.74) is 1.80. The lowest BCUT2D eigenvalue weighted by Gasteiger charge is -2.33. The van der Waals surface area contributed by atoms with E-state index in [1.807, 2.05) is 31.2 Å². The summed E-state index contributed by atoms with van der Waals surface area (Å²) in [7, 11) is 1.29. The molecular weight excluding hydrogens is 582 g/mol. The fourth-order valence-corrected chi connectivity index (χ4v) is 6.13. The Morgan fingerprint density at radius 1 is 0.929 bits per heavy atom. The van der Waals surface area contributed by atoms with Crippen molar-refractivity contribution in [1.29, 1.82) is 0 Å². The molecule has 12 heteroatoms. The fourth-order valence-electron chi connectivity index (χ4n) is 4.53. The van der Waals surface area contributed by atoms with Crippen molar-refractivity contribution in [2.45, 2.75) is 37.8 Å². The largest absolute Gasteiger partial charge is 0.495 e. The molecule has 1 unspecified atom stereocenters. The molecule has 226 valence electrons. The molecule has 10 nitrogen and oxygen atoms in total. The van der Waals surface area contributed by atoms with Gasteiger partial charge >= 0.3 is 0 Å². The van der Waals surface area contributed by atoms with Crippen LogP contribution in [0.15, 0.2) is 65.6 Å². The standard InChI is InChI=1S/C30H36ClN3O7S/c1-7-24(30(36)32-3)33(18-21-11-9-8-10-20(21)2)29(35)19-34(25-16-22(31)12-14-26(25)39-4)42(37,38)23-13-15-27(40-5)28(17-23)41-6/h8-17,24H,7,18-19H2,1-6H3,(H,32,36). The maximum absolute atomic E-state index is 14.3. The zero-order valence-electron chi connectivity index (χ0n) is 24.5. The zero-order valence-corrected chi connectivity index (χ0v) is 26.1. The summed E-state index contributed by atoms with van der Waals surface area (Å²) in [4.78, 5) is 28.3. The molecule has 0 heterocycles. The molecule has 0 saturated heterocycles. The summed E-state index contributed by atoms with van der Waals surface area (Å²) in [6.45, 7) is 3.14. The zero-order chi connectivity index (χ0) is 31.0. The molecule has 0 saturated carbocycles. The van der Waals surface area contributed by atoms with Crippen molar-refractivity contribution in [2.24, 2.45) is 0 Å². The topological polar surface area (TPSA) is 114 Å². The van der Waals surface area contributed by atoms with Gasteiger partial charge in [-0.05, 0) is 54.8 Å². The number of nitrogens with one attached hydrogen (secondary N) is 1. The van der Waals surface area contributed by atoms with E-state index < -0.39 is 28.5 Å². The Morgan fingerprint density at radius 2 is 1.57 bits per heavy atom. The van der Waals surface area contributed by atoms with Gasteiger partial charge in [-0.3, -0.25) is 13.9 Å². The predicted octanol–water partition coefficient (Wildman–Crippen LogP) is 4.42. The minimum atomic E-state index is -4.42. The molecule has 1 N–H and O–H groups in total. The quantitative estimate of drug-likeness (QED) is 0.302. The van der Waals surface area contributed by atoms with E-state index in [9.17, 15) is 18.0 Å². The van der Waals surface area contributed by atoms with Crippen molar-refractivity contribution in [2.75, 3.05) is 39.2 Å². The average Bonchev–Trinajstić information content (AvgIpc) is 2.99. The van der Waals surface area contributed by atoms with Gasteiger partial charge in [-0.15, -0.1) is 0 Å². The smallest absolute Gasteiger partial charge is 0.265 e. The number of anilines is 1. The van der Waals surface area contributed by atoms with E-state index in [1.165, 1.54) is 63.6 Å². The van der Waals surface area contributed by atoms with Gasteiger partial charge in [0.15, 0.2) is 11.5 Å². The third-order valence-corrected chi connectivity index (χ3v) is 8.86. The van der Waals surface area contributed by atoms with Crippen LogP contribution in [0, 0.1) is 6.92 Å². The predicted molar refractivity (Wildman–Crippen MR) is 162 cm³/mol. The first-order chi connectivity index (χ1) is 20.0. The van der Waals surface area contributed by atoms with Crippen molar-refractivity contribution < 1.29 is 32.2 Å². The maximum Gasteiger partial charge on any atom is 0.265 e. The summed E-state index contributed by atoms with van der Waals surface area (Å²) in [5, 5.41) is 2.85. The fraction of sp³-hybridized carbons (Fsp3) is 0.333. The van der Waals surface area contributed by atoms with Gasteiger partial charge in [0.1, 0.15) is 18.3 Å². The molecule has 0 spiro atoms. The number of nitrogens with zero attached hydrogens (tertiary/aromatic N) is 2. The molecule has 0 aliphatic rings. The number of hydrogen-bond donors (Lipinski definition) is 1. The van der Waals surface area contributed by atoms with Gasteiger partial charge in [0.25, 0.3) is 10.0 Å². The lowest BCUT2D eigenvalue weighted by Crippen LogP contribution is -2.51. The van der Waals surface area contributed by atoms with Crippen molar-refractivity contribution >= 4 is 39.1 Å². The average molecular weight is 618 g/mol. The molecule has 0 bridgehead atoms. The first-order valence-corrected chi connectivity index (χ1v) is 15.0. The number of likely N-dealkylation sites (N-methyl/N-ethyl adjacent to an activating group) is 1. The van der Waals surface area contributed by atoms with Gasteiger partial charge in [-0.1, -0.05) is 42.8 Å². The highest BCUT2D eigenvalue weighted by Crippen LogP contribution is 2.37. The number of methoxy groups -OCH3 is 3. The number of rotatable bonds is 13. The van der Waals surface area contributed by atoms with Gasteiger partial charge in [0.2, 0.25) is 11.8 Å². The second-order valence-electron chi connectivity index (χ2n) is 9.33. The highest BCUT2D eigenvalue weighted by molar-refractivity contribution is 7.92. The van der Waals surface area contributed by atoms with Crippen LogP contribution in [0.2, 0.25) is 5.02 Å². The van der Waals surface area contributed by atoms with Gasteiger partial charge in [-0.2, -0.15) is 0 Å². The van der Waals surface area contributed by atoms with Crippen molar-refractivity contribution in [1.82, 2.24) is 10.2 Å². The van der Waals surface area contributed by atoms with Crippen molar-refractivity contribution in [3.05, 3.63) is 76.8 Å². The van der Waals surface area contributed by atoms with Gasteiger partial charge in [-0.25, -0.2) is 8.42 Å². The monoisotopic (exact) mass is 617 g/mol. The molecule has 3 aromatic rings. The second kappa shape index (κ2) is 14.3. The number of aryl methyl sites for hydroxylation is 1. The normalized spacial score (nSPS) is 11.8. The van der Waals surface area contributed by atoms with Crippen LogP contribution in [-0.2, 0) is 26.2 Å². The number of halogens is 1. The Labute approximate surface area is 252 Å². The second-order valence-corrected chi connectivity index (χ2v) is 11.6. The molecule has 0 aliphatic carbocycles. The summed E-state index contributed by atoms with van der Waals surface area (Å²) < 4.78 is 45.5. The van der Waals surface area contributed by atoms with E-state index >= 15 is 0 Å². The van der Waals surface area contributed by atoms with Crippen molar-refractivity contribution in [3.63, 3.8) is 0 Å². The molecular formula is C30H36ClN3O7S. The van der Waals surface area contributed by atoms with E-state index in [1.54, 1.807) is 13.0 Å². The van der Waals surface area contributed by atoms with Crippen LogP contribution >= 0.6 is 11.6 Å². The van der Waals surface area contributed by atoms with E-state index in [0.29, 0.717) is 12.2 Å². The number of sulfonamides is 1. The molecule has 3 aromatic carbocycles. The Bertz CT molecular complexity index is 1530. The summed E-state index contributed by atoms with van der Waals surface area (Å²) in [6, 6.07) is 15.3. The Kier molecular flexibility index (Phi) is 11.1. The Hall–Kier alpha value is -3.96. The minimum Gasteiger partial charge on any atom is -0.495 e. The van der Waals surface area contributed by atoms with Crippen LogP contribution in [0.4, 0.5) is 5.69 Å². The van der Waals surface area contributed by atoms with Crippen LogP contribution in [0.3, 0.4) is 0 Å². The first-order valence-electron chi connectivity index (χ1n) is 13.2. The van der Waals surface area contributed by atoms with Crippen LogP contribution in [-0.4, -0.2) is 66.1 Å². The van der Waals surface area contributed by atoms with Crippen LogP contribution in [0.1, 0.15) is 24.5 Å². The molecule has 2 amide bonds. The number of carbonyl (C=O) groups excluding carboxylic acids is 2. The highest BCUT2D eigenvalue weighted by atomic mass is 35.5. The highest BCUT2D eigenvalue weighted by Gasteiger charge is 2.35. The van der Waals surface area contributed by atoms with E-state index in [-0.39, 0.29) is 39.6 Å².